The smallest absolute Gasteiger partial charge is 0.338 e. The summed E-state index contributed by atoms with van der Waals surface area (Å²) in [5, 5.41) is 16.2. The van der Waals surface area contributed by atoms with Gasteiger partial charge in [-0.2, -0.15) is 0 Å². The summed E-state index contributed by atoms with van der Waals surface area (Å²) < 4.78 is 5.41. The summed E-state index contributed by atoms with van der Waals surface area (Å²) in [6.45, 7) is 3.24. The van der Waals surface area contributed by atoms with Gasteiger partial charge in [0.25, 0.3) is 0 Å². The fraction of sp³-hybridized carbons (Fsp3) is 0.500. The van der Waals surface area contributed by atoms with E-state index in [1.165, 1.54) is 17.4 Å². The molecule has 2 rings (SSSR count). The van der Waals surface area contributed by atoms with Gasteiger partial charge in [0.1, 0.15) is 5.00 Å². The van der Waals surface area contributed by atoms with Crippen LogP contribution in [0, 0.1) is 5.92 Å². The minimum Gasteiger partial charge on any atom is -0.478 e. The van der Waals surface area contributed by atoms with E-state index in [2.05, 4.69) is 10.6 Å². The van der Waals surface area contributed by atoms with Crippen LogP contribution in [0.1, 0.15) is 23.7 Å². The van der Waals surface area contributed by atoms with E-state index in [0.29, 0.717) is 17.5 Å². The predicted octanol–water partition coefficient (Wildman–Crippen LogP) is 1.99. The van der Waals surface area contributed by atoms with Crippen molar-refractivity contribution < 1.29 is 19.4 Å². The zero-order valence-corrected chi connectivity index (χ0v) is 11.3. The Labute approximate surface area is 114 Å². The van der Waals surface area contributed by atoms with Crippen LogP contribution in [0.3, 0.4) is 0 Å². The Hall–Kier alpha value is -1.60. The first-order valence-corrected chi connectivity index (χ1v) is 6.93. The number of urea groups is 1. The van der Waals surface area contributed by atoms with Gasteiger partial charge in [0, 0.05) is 19.1 Å². The third-order valence-electron chi connectivity index (χ3n) is 3.18. The second-order valence-corrected chi connectivity index (χ2v) is 5.34. The average Bonchev–Trinajstić information content (AvgIpc) is 2.95. The van der Waals surface area contributed by atoms with E-state index in [1.807, 2.05) is 6.92 Å². The number of carbonyl (C=O) groups is 2. The van der Waals surface area contributed by atoms with E-state index in [1.54, 1.807) is 5.38 Å². The first-order chi connectivity index (χ1) is 9.08. The van der Waals surface area contributed by atoms with E-state index in [4.69, 9.17) is 9.84 Å². The van der Waals surface area contributed by atoms with Gasteiger partial charge < -0.3 is 15.2 Å². The molecule has 104 valence electrons. The maximum atomic E-state index is 11.7. The van der Waals surface area contributed by atoms with Crippen molar-refractivity contribution in [2.24, 2.45) is 5.92 Å². The number of anilines is 1. The molecule has 3 N–H and O–H groups in total. The summed E-state index contributed by atoms with van der Waals surface area (Å²) in [7, 11) is 0. The van der Waals surface area contributed by atoms with Crippen LogP contribution in [0.4, 0.5) is 9.80 Å². The summed E-state index contributed by atoms with van der Waals surface area (Å²) >= 11 is 1.19. The van der Waals surface area contributed by atoms with Crippen molar-refractivity contribution in [3.8, 4) is 0 Å². The summed E-state index contributed by atoms with van der Waals surface area (Å²) in [5.41, 5.74) is 0.109. The van der Waals surface area contributed by atoms with Crippen molar-refractivity contribution in [3.05, 3.63) is 17.0 Å². The Kier molecular flexibility index (Phi) is 4.39. The number of hydrogen-bond donors (Lipinski definition) is 3. The second kappa shape index (κ2) is 6.03. The highest BCUT2D eigenvalue weighted by atomic mass is 32.1. The Balaban J connectivity index is 1.84. The number of hydrogen-bond acceptors (Lipinski definition) is 4. The topological polar surface area (TPSA) is 87.7 Å². The number of rotatable bonds is 4. The largest absolute Gasteiger partial charge is 0.478 e. The minimum atomic E-state index is -1.05. The zero-order valence-electron chi connectivity index (χ0n) is 10.5. The molecule has 1 aliphatic rings. The molecule has 2 atom stereocenters. The molecule has 2 heterocycles. The lowest BCUT2D eigenvalue weighted by molar-refractivity contribution is 0.0698. The molecular weight excluding hydrogens is 268 g/mol. The molecule has 1 aliphatic heterocycles. The molecule has 2 amide bonds. The van der Waals surface area contributed by atoms with Crippen LogP contribution in [0.2, 0.25) is 0 Å². The van der Waals surface area contributed by atoms with Crippen LogP contribution in [-0.4, -0.2) is 36.4 Å². The van der Waals surface area contributed by atoms with Crippen LogP contribution in [0.5, 0.6) is 0 Å². The second-order valence-electron chi connectivity index (χ2n) is 4.43. The zero-order chi connectivity index (χ0) is 13.8. The highest BCUT2D eigenvalue weighted by molar-refractivity contribution is 7.14. The maximum Gasteiger partial charge on any atom is 0.338 e. The van der Waals surface area contributed by atoms with E-state index in [0.717, 1.165) is 13.0 Å². The molecule has 6 nitrogen and oxygen atoms in total. The van der Waals surface area contributed by atoms with E-state index in [9.17, 15) is 9.59 Å². The van der Waals surface area contributed by atoms with Crippen molar-refractivity contribution in [1.29, 1.82) is 0 Å². The van der Waals surface area contributed by atoms with Gasteiger partial charge in [0.15, 0.2) is 0 Å². The van der Waals surface area contributed by atoms with Crippen molar-refractivity contribution in [3.63, 3.8) is 0 Å². The molecule has 19 heavy (non-hydrogen) atoms. The van der Waals surface area contributed by atoms with Crippen molar-refractivity contribution >= 4 is 28.3 Å². The van der Waals surface area contributed by atoms with Gasteiger partial charge in [0.05, 0.1) is 11.7 Å². The predicted molar refractivity (Wildman–Crippen MR) is 71.8 cm³/mol. The number of aromatic carboxylic acids is 1. The number of carboxylic acid groups (broad SMARTS) is 1. The molecule has 1 aromatic heterocycles. The van der Waals surface area contributed by atoms with E-state index >= 15 is 0 Å². The molecule has 1 fully saturated rings. The summed E-state index contributed by atoms with van der Waals surface area (Å²) in [6, 6.07) is 1.08. The number of nitrogens with one attached hydrogen (secondary N) is 2. The third kappa shape index (κ3) is 3.45. The lowest BCUT2D eigenvalue weighted by Gasteiger charge is -2.14. The van der Waals surface area contributed by atoms with Crippen molar-refractivity contribution in [1.82, 2.24) is 5.32 Å². The molecule has 0 radical (unpaired) electrons. The molecule has 0 aliphatic carbocycles. The normalized spacial score (nSPS) is 22.2. The maximum absolute atomic E-state index is 11.7. The van der Waals surface area contributed by atoms with Crippen LogP contribution in [0.15, 0.2) is 11.4 Å². The molecular formula is C12H16N2O4S. The number of carboxylic acids is 1. The number of carbonyl (C=O) groups excluding carboxylic acids is 1. The average molecular weight is 284 g/mol. The molecule has 0 aromatic carbocycles. The van der Waals surface area contributed by atoms with Crippen LogP contribution in [-0.2, 0) is 4.74 Å². The number of ether oxygens (including phenoxy) is 1. The van der Waals surface area contributed by atoms with Crippen LogP contribution >= 0.6 is 11.3 Å². The fourth-order valence-corrected chi connectivity index (χ4v) is 2.76. The van der Waals surface area contributed by atoms with Gasteiger partial charge in [-0.3, -0.25) is 5.32 Å². The summed E-state index contributed by atoms with van der Waals surface area (Å²) in [4.78, 5) is 22.6. The fourth-order valence-electron chi connectivity index (χ4n) is 1.99. The monoisotopic (exact) mass is 284 g/mol. The molecule has 1 saturated heterocycles. The van der Waals surface area contributed by atoms with Gasteiger partial charge in [-0.25, -0.2) is 9.59 Å². The lowest BCUT2D eigenvalue weighted by atomic mass is 10.0. The Morgan fingerprint density at radius 3 is 3.00 bits per heavy atom. The highest BCUT2D eigenvalue weighted by Gasteiger charge is 2.24. The molecule has 0 saturated carbocycles. The van der Waals surface area contributed by atoms with Gasteiger partial charge in [0.2, 0.25) is 0 Å². The molecule has 0 spiro atoms. The quantitative estimate of drug-likeness (QED) is 0.789. The first-order valence-electron chi connectivity index (χ1n) is 6.05. The Morgan fingerprint density at radius 2 is 2.37 bits per heavy atom. The SMILES string of the molecule is CC1OCCC1CNC(=O)Nc1sccc1C(=O)O. The summed E-state index contributed by atoms with van der Waals surface area (Å²) in [5.74, 6) is -0.734. The van der Waals surface area contributed by atoms with Crippen molar-refractivity contribution in [2.75, 3.05) is 18.5 Å². The summed E-state index contributed by atoms with van der Waals surface area (Å²) in [6.07, 6.45) is 1.08. The molecule has 0 bridgehead atoms. The lowest BCUT2D eigenvalue weighted by Crippen LogP contribution is -2.35. The van der Waals surface area contributed by atoms with Gasteiger partial charge in [-0.1, -0.05) is 0 Å². The molecule has 1 aromatic rings. The molecule has 7 heteroatoms. The van der Waals surface area contributed by atoms with Crippen LogP contribution < -0.4 is 10.6 Å². The van der Waals surface area contributed by atoms with Gasteiger partial charge >= 0.3 is 12.0 Å². The Bertz CT molecular complexity index is 474. The van der Waals surface area contributed by atoms with Crippen LogP contribution in [0.25, 0.3) is 0 Å². The van der Waals surface area contributed by atoms with E-state index in [-0.39, 0.29) is 17.7 Å². The highest BCUT2D eigenvalue weighted by Crippen LogP contribution is 2.23. The van der Waals surface area contributed by atoms with Gasteiger partial charge in [-0.05, 0) is 24.8 Å². The van der Waals surface area contributed by atoms with E-state index < -0.39 is 5.97 Å². The number of amides is 2. The third-order valence-corrected chi connectivity index (χ3v) is 4.01. The minimum absolute atomic E-state index is 0.109. The molecule has 2 unspecified atom stereocenters. The Morgan fingerprint density at radius 1 is 1.58 bits per heavy atom. The van der Waals surface area contributed by atoms with Crippen molar-refractivity contribution in [2.45, 2.75) is 19.4 Å². The first kappa shape index (κ1) is 13.8. The number of thiophene rings is 1. The van der Waals surface area contributed by atoms with Gasteiger partial charge in [-0.15, -0.1) is 11.3 Å². The standard InChI is InChI=1S/C12H16N2O4S/c1-7-8(2-4-18-7)6-13-12(17)14-10-9(11(15)16)3-5-19-10/h3,5,7-8H,2,4,6H2,1H3,(H,15,16)(H2,13,14,17).